The molecule has 1 aliphatic heterocycles. The van der Waals surface area contributed by atoms with Crippen molar-refractivity contribution < 1.29 is 19.1 Å². The third-order valence-electron chi connectivity index (χ3n) is 5.19. The van der Waals surface area contributed by atoms with Crippen LogP contribution in [0.25, 0.3) is 0 Å². The Balaban J connectivity index is 1.99. The standard InChI is InChI=1S/C23H27N3O4/c1-6-30-18-11-10-16(12-19(18)29-5)21-20(15(4)24-23(28)26-21)22(27)25-17-9-7-8-13(2)14(17)3/h7-12,21H,6H2,1-5H3,(H,25,27)(H2,24,26,28)/t21-/m1/s1. The Bertz CT molecular complexity index is 1010. The van der Waals surface area contributed by atoms with Gasteiger partial charge in [0.05, 0.1) is 25.3 Å². The summed E-state index contributed by atoms with van der Waals surface area (Å²) in [6.07, 6.45) is 0. The highest BCUT2D eigenvalue weighted by atomic mass is 16.5. The molecule has 0 radical (unpaired) electrons. The Morgan fingerprint density at radius 1 is 1.13 bits per heavy atom. The molecule has 0 aliphatic carbocycles. The van der Waals surface area contributed by atoms with Crippen LogP contribution in [-0.4, -0.2) is 25.7 Å². The summed E-state index contributed by atoms with van der Waals surface area (Å²) in [7, 11) is 1.55. The topological polar surface area (TPSA) is 88.7 Å². The summed E-state index contributed by atoms with van der Waals surface area (Å²) < 4.78 is 11.0. The van der Waals surface area contributed by atoms with Crippen molar-refractivity contribution in [2.75, 3.05) is 19.0 Å². The first kappa shape index (κ1) is 21.2. The van der Waals surface area contributed by atoms with Crippen LogP contribution in [-0.2, 0) is 4.79 Å². The molecule has 7 nitrogen and oxygen atoms in total. The maximum atomic E-state index is 13.2. The zero-order valence-corrected chi connectivity index (χ0v) is 17.9. The number of methoxy groups -OCH3 is 1. The van der Waals surface area contributed by atoms with Gasteiger partial charge in [-0.2, -0.15) is 0 Å². The van der Waals surface area contributed by atoms with Gasteiger partial charge in [-0.3, -0.25) is 4.79 Å². The zero-order chi connectivity index (χ0) is 21.8. The van der Waals surface area contributed by atoms with Gasteiger partial charge in [0.15, 0.2) is 11.5 Å². The number of carbonyl (C=O) groups is 2. The lowest BCUT2D eigenvalue weighted by atomic mass is 9.94. The van der Waals surface area contributed by atoms with Crippen molar-refractivity contribution in [1.29, 1.82) is 0 Å². The van der Waals surface area contributed by atoms with Crippen LogP contribution >= 0.6 is 0 Å². The largest absolute Gasteiger partial charge is 0.493 e. The van der Waals surface area contributed by atoms with Gasteiger partial charge in [0.1, 0.15) is 0 Å². The number of aryl methyl sites for hydroxylation is 1. The normalized spacial score (nSPS) is 15.9. The smallest absolute Gasteiger partial charge is 0.319 e. The second-order valence-corrected chi connectivity index (χ2v) is 7.12. The molecule has 2 aromatic rings. The molecule has 0 aromatic heterocycles. The number of ether oxygens (including phenoxy) is 2. The molecule has 2 aromatic carbocycles. The lowest BCUT2D eigenvalue weighted by molar-refractivity contribution is -0.113. The minimum atomic E-state index is -0.631. The molecule has 1 heterocycles. The summed E-state index contributed by atoms with van der Waals surface area (Å²) in [6.45, 7) is 8.06. The number of anilines is 1. The first-order valence-corrected chi connectivity index (χ1v) is 9.82. The van der Waals surface area contributed by atoms with E-state index < -0.39 is 6.04 Å². The van der Waals surface area contributed by atoms with Gasteiger partial charge >= 0.3 is 6.03 Å². The third kappa shape index (κ3) is 4.25. The average Bonchev–Trinajstić information content (AvgIpc) is 2.71. The number of urea groups is 1. The molecule has 0 unspecified atom stereocenters. The number of hydrogen-bond acceptors (Lipinski definition) is 4. The van der Waals surface area contributed by atoms with Crippen molar-refractivity contribution in [2.45, 2.75) is 33.7 Å². The highest BCUT2D eigenvalue weighted by molar-refractivity contribution is 6.07. The minimum Gasteiger partial charge on any atom is -0.493 e. The summed E-state index contributed by atoms with van der Waals surface area (Å²) in [4.78, 5) is 25.4. The summed E-state index contributed by atoms with van der Waals surface area (Å²) in [6, 6.07) is 10.1. The molecule has 1 aliphatic rings. The van der Waals surface area contributed by atoms with Gasteiger partial charge in [-0.1, -0.05) is 18.2 Å². The van der Waals surface area contributed by atoms with E-state index in [0.717, 1.165) is 22.4 Å². The molecule has 30 heavy (non-hydrogen) atoms. The second kappa shape index (κ2) is 8.90. The van der Waals surface area contributed by atoms with Gasteiger partial charge in [-0.05, 0) is 62.6 Å². The first-order valence-electron chi connectivity index (χ1n) is 9.82. The predicted octanol–water partition coefficient (Wildman–Crippen LogP) is 3.98. The summed E-state index contributed by atoms with van der Waals surface area (Å²) in [5.41, 5.74) is 4.47. The molecule has 0 saturated carbocycles. The lowest BCUT2D eigenvalue weighted by Crippen LogP contribution is -2.46. The van der Waals surface area contributed by atoms with E-state index in [0.29, 0.717) is 29.4 Å². The molecule has 1 atom stereocenters. The third-order valence-corrected chi connectivity index (χ3v) is 5.19. The van der Waals surface area contributed by atoms with Crippen LogP contribution in [0, 0.1) is 13.8 Å². The van der Waals surface area contributed by atoms with Crippen LogP contribution in [0.5, 0.6) is 11.5 Å². The number of rotatable bonds is 6. The van der Waals surface area contributed by atoms with E-state index in [1.54, 1.807) is 26.2 Å². The van der Waals surface area contributed by atoms with Crippen LogP contribution in [0.15, 0.2) is 47.7 Å². The van der Waals surface area contributed by atoms with Gasteiger partial charge in [0.2, 0.25) is 0 Å². The van der Waals surface area contributed by atoms with Gasteiger partial charge in [0.25, 0.3) is 5.91 Å². The monoisotopic (exact) mass is 409 g/mol. The first-order chi connectivity index (χ1) is 14.3. The average molecular weight is 409 g/mol. The highest BCUT2D eigenvalue weighted by Gasteiger charge is 2.32. The molecular weight excluding hydrogens is 382 g/mol. The van der Waals surface area contributed by atoms with Crippen molar-refractivity contribution in [3.05, 3.63) is 64.4 Å². The van der Waals surface area contributed by atoms with Crippen LogP contribution in [0.2, 0.25) is 0 Å². The Morgan fingerprint density at radius 3 is 2.60 bits per heavy atom. The fourth-order valence-corrected chi connectivity index (χ4v) is 3.46. The van der Waals surface area contributed by atoms with Gasteiger partial charge < -0.3 is 25.4 Å². The fraction of sp³-hybridized carbons (Fsp3) is 0.304. The number of nitrogens with one attached hydrogen (secondary N) is 3. The Morgan fingerprint density at radius 2 is 1.90 bits per heavy atom. The summed E-state index contributed by atoms with van der Waals surface area (Å²) in [5, 5.41) is 8.52. The van der Waals surface area contributed by atoms with Crippen LogP contribution < -0.4 is 25.4 Å². The van der Waals surface area contributed by atoms with E-state index in [-0.39, 0.29) is 11.9 Å². The van der Waals surface area contributed by atoms with Gasteiger partial charge in [0, 0.05) is 11.4 Å². The molecule has 3 N–H and O–H groups in total. The van der Waals surface area contributed by atoms with Crippen molar-refractivity contribution in [3.8, 4) is 11.5 Å². The molecule has 7 heteroatoms. The molecule has 3 amide bonds. The van der Waals surface area contributed by atoms with E-state index in [2.05, 4.69) is 16.0 Å². The number of benzene rings is 2. The van der Waals surface area contributed by atoms with E-state index in [1.807, 2.05) is 45.0 Å². The number of carbonyl (C=O) groups excluding carboxylic acids is 2. The van der Waals surface area contributed by atoms with Crippen molar-refractivity contribution in [1.82, 2.24) is 10.6 Å². The van der Waals surface area contributed by atoms with Crippen LogP contribution in [0.4, 0.5) is 10.5 Å². The molecule has 3 rings (SSSR count). The van der Waals surface area contributed by atoms with Gasteiger partial charge in [-0.15, -0.1) is 0 Å². The molecular formula is C23H27N3O4. The maximum Gasteiger partial charge on any atom is 0.319 e. The van der Waals surface area contributed by atoms with Crippen molar-refractivity contribution >= 4 is 17.6 Å². The van der Waals surface area contributed by atoms with E-state index in [4.69, 9.17) is 9.47 Å². The lowest BCUT2D eigenvalue weighted by Gasteiger charge is -2.29. The molecule has 0 fully saturated rings. The Hall–Kier alpha value is -3.48. The zero-order valence-electron chi connectivity index (χ0n) is 17.9. The van der Waals surface area contributed by atoms with Crippen molar-refractivity contribution in [2.24, 2.45) is 0 Å². The Kier molecular flexibility index (Phi) is 6.30. The second-order valence-electron chi connectivity index (χ2n) is 7.12. The van der Waals surface area contributed by atoms with Crippen LogP contribution in [0.3, 0.4) is 0 Å². The van der Waals surface area contributed by atoms with Crippen molar-refractivity contribution in [3.63, 3.8) is 0 Å². The van der Waals surface area contributed by atoms with E-state index >= 15 is 0 Å². The molecule has 0 bridgehead atoms. The molecule has 158 valence electrons. The highest BCUT2D eigenvalue weighted by Crippen LogP contribution is 2.34. The summed E-state index contributed by atoms with van der Waals surface area (Å²) >= 11 is 0. The fourth-order valence-electron chi connectivity index (χ4n) is 3.46. The SMILES string of the molecule is CCOc1ccc([C@H]2NC(=O)NC(C)=C2C(=O)Nc2cccc(C)c2C)cc1OC. The van der Waals surface area contributed by atoms with E-state index in [1.165, 1.54) is 0 Å². The maximum absolute atomic E-state index is 13.2. The number of allylic oxidation sites excluding steroid dienone is 1. The van der Waals surface area contributed by atoms with E-state index in [9.17, 15) is 9.59 Å². The van der Waals surface area contributed by atoms with Gasteiger partial charge in [-0.25, -0.2) is 4.79 Å². The minimum absolute atomic E-state index is 0.286. The number of hydrogen-bond donors (Lipinski definition) is 3. The quantitative estimate of drug-likeness (QED) is 0.673. The number of amides is 3. The summed E-state index contributed by atoms with van der Waals surface area (Å²) in [5.74, 6) is 0.853. The predicted molar refractivity (Wildman–Crippen MR) is 116 cm³/mol. The Labute approximate surface area is 176 Å². The molecule has 0 spiro atoms. The van der Waals surface area contributed by atoms with Crippen LogP contribution in [0.1, 0.15) is 36.6 Å². The molecule has 0 saturated heterocycles.